The van der Waals surface area contributed by atoms with Crippen LogP contribution in [0.25, 0.3) is 11.0 Å². The minimum atomic E-state index is -1.06. The average Bonchev–Trinajstić information content (AvgIpc) is 2.99. The number of nitrogens with one attached hydrogen (secondary N) is 1. The molecule has 0 fully saturated rings. The Morgan fingerprint density at radius 1 is 1.04 bits per heavy atom. The number of anilines is 1. The van der Waals surface area contributed by atoms with Crippen LogP contribution in [0, 0.1) is 6.92 Å². The van der Waals surface area contributed by atoms with Gasteiger partial charge in [0, 0.05) is 16.5 Å². The molecule has 1 heterocycles. The van der Waals surface area contributed by atoms with E-state index < -0.39 is 18.0 Å². The van der Waals surface area contributed by atoms with Gasteiger partial charge in [-0.1, -0.05) is 30.3 Å². The summed E-state index contributed by atoms with van der Waals surface area (Å²) in [5.74, 6) is -1.36. The second-order valence-corrected chi connectivity index (χ2v) is 6.19. The third-order valence-corrected chi connectivity index (χ3v) is 4.25. The fraction of sp³-hybridized carbons (Fsp3) is 0.190. The third kappa shape index (κ3) is 3.74. The number of amides is 1. The Balaban J connectivity index is 1.73. The summed E-state index contributed by atoms with van der Waals surface area (Å²) in [6, 6.07) is 13.9. The van der Waals surface area contributed by atoms with E-state index in [1.807, 2.05) is 18.2 Å². The van der Waals surface area contributed by atoms with Crippen LogP contribution in [0.3, 0.4) is 0 Å². The number of Topliss-reactive ketones (excluding diaryl/α,β-unsaturated/α-hetero) is 1. The number of aryl methyl sites for hydroxylation is 1. The van der Waals surface area contributed by atoms with E-state index in [9.17, 15) is 14.4 Å². The highest BCUT2D eigenvalue weighted by Crippen LogP contribution is 2.26. The number of carbonyl (C=O) groups excluding carboxylic acids is 3. The van der Waals surface area contributed by atoms with Crippen molar-refractivity contribution in [3.05, 3.63) is 65.4 Å². The number of ketones is 1. The predicted octanol–water partition coefficient (Wildman–Crippen LogP) is 4.13. The number of furan rings is 1. The molecule has 1 N–H and O–H groups in total. The first-order valence-electron chi connectivity index (χ1n) is 8.48. The van der Waals surface area contributed by atoms with Gasteiger partial charge in [-0.25, -0.2) is 4.79 Å². The van der Waals surface area contributed by atoms with Crippen LogP contribution in [0.5, 0.6) is 0 Å². The van der Waals surface area contributed by atoms with Gasteiger partial charge in [-0.2, -0.15) is 0 Å². The summed E-state index contributed by atoms with van der Waals surface area (Å²) in [4.78, 5) is 36.5. The Morgan fingerprint density at radius 3 is 2.41 bits per heavy atom. The molecular weight excluding hydrogens is 346 g/mol. The fourth-order valence-corrected chi connectivity index (χ4v) is 2.77. The molecule has 0 radical (unpaired) electrons. The molecule has 0 bridgehead atoms. The first-order chi connectivity index (χ1) is 12.9. The Hall–Kier alpha value is -3.41. The van der Waals surface area contributed by atoms with Gasteiger partial charge in [-0.15, -0.1) is 0 Å². The highest BCUT2D eigenvalue weighted by Gasteiger charge is 2.24. The predicted molar refractivity (Wildman–Crippen MR) is 101 cm³/mol. The standard InChI is InChI=1S/C21H19NO5/c1-12-15-8-5-7-11-18(15)27-19(12)21(25)26-14(3)20(24)22-17-10-6-4-9-16(17)13(2)23/h4-11,14H,1-3H3,(H,22,24)/t14-/m1/s1. The van der Waals surface area contributed by atoms with Gasteiger partial charge < -0.3 is 14.5 Å². The van der Waals surface area contributed by atoms with Crippen LogP contribution in [0.15, 0.2) is 52.9 Å². The second-order valence-electron chi connectivity index (χ2n) is 6.19. The van der Waals surface area contributed by atoms with Gasteiger partial charge in [0.1, 0.15) is 5.58 Å². The van der Waals surface area contributed by atoms with E-state index in [1.165, 1.54) is 13.8 Å². The first-order valence-corrected chi connectivity index (χ1v) is 8.48. The Labute approximate surface area is 156 Å². The van der Waals surface area contributed by atoms with Crippen molar-refractivity contribution >= 4 is 34.3 Å². The molecule has 1 amide bonds. The molecule has 0 saturated heterocycles. The highest BCUT2D eigenvalue weighted by atomic mass is 16.6. The van der Waals surface area contributed by atoms with E-state index in [4.69, 9.17) is 9.15 Å². The number of fused-ring (bicyclic) bond motifs is 1. The molecule has 3 aromatic rings. The number of para-hydroxylation sites is 2. The normalized spacial score (nSPS) is 11.8. The van der Waals surface area contributed by atoms with Crippen LogP contribution in [-0.4, -0.2) is 23.8 Å². The van der Waals surface area contributed by atoms with Crippen molar-refractivity contribution in [2.45, 2.75) is 26.9 Å². The monoisotopic (exact) mass is 365 g/mol. The third-order valence-electron chi connectivity index (χ3n) is 4.25. The average molecular weight is 365 g/mol. The summed E-state index contributed by atoms with van der Waals surface area (Å²) < 4.78 is 10.8. The summed E-state index contributed by atoms with van der Waals surface area (Å²) in [7, 11) is 0. The fourth-order valence-electron chi connectivity index (χ4n) is 2.77. The molecule has 0 aliphatic carbocycles. The van der Waals surface area contributed by atoms with Gasteiger partial charge in [0.2, 0.25) is 5.76 Å². The lowest BCUT2D eigenvalue weighted by Crippen LogP contribution is -2.30. The van der Waals surface area contributed by atoms with E-state index in [0.717, 1.165) is 5.39 Å². The van der Waals surface area contributed by atoms with Crippen molar-refractivity contribution in [1.82, 2.24) is 0 Å². The molecule has 138 valence electrons. The SMILES string of the molecule is CC(=O)c1ccccc1NC(=O)[C@@H](C)OC(=O)c1oc2ccccc2c1C. The number of ether oxygens (including phenoxy) is 1. The Morgan fingerprint density at radius 2 is 1.70 bits per heavy atom. The number of hydrogen-bond acceptors (Lipinski definition) is 5. The molecule has 1 atom stereocenters. The maximum atomic E-state index is 12.4. The lowest BCUT2D eigenvalue weighted by Gasteiger charge is -2.14. The van der Waals surface area contributed by atoms with E-state index in [1.54, 1.807) is 37.3 Å². The van der Waals surface area contributed by atoms with E-state index >= 15 is 0 Å². The lowest BCUT2D eigenvalue weighted by atomic mass is 10.1. The van der Waals surface area contributed by atoms with Gasteiger partial charge in [-0.3, -0.25) is 9.59 Å². The molecule has 3 rings (SSSR count). The molecule has 1 aromatic heterocycles. The van der Waals surface area contributed by atoms with Gasteiger partial charge in [0.05, 0.1) is 5.69 Å². The zero-order chi connectivity index (χ0) is 19.6. The van der Waals surface area contributed by atoms with Gasteiger partial charge >= 0.3 is 5.97 Å². The number of hydrogen-bond donors (Lipinski definition) is 1. The summed E-state index contributed by atoms with van der Waals surface area (Å²) in [6.45, 7) is 4.64. The van der Waals surface area contributed by atoms with Crippen molar-refractivity contribution in [1.29, 1.82) is 0 Å². The molecule has 6 nitrogen and oxygen atoms in total. The minimum absolute atomic E-state index is 0.0694. The highest BCUT2D eigenvalue weighted by molar-refractivity contribution is 6.05. The maximum Gasteiger partial charge on any atom is 0.375 e. The maximum absolute atomic E-state index is 12.4. The van der Waals surface area contributed by atoms with Gasteiger partial charge in [0.25, 0.3) is 5.91 Å². The smallest absolute Gasteiger partial charge is 0.375 e. The lowest BCUT2D eigenvalue weighted by molar-refractivity contribution is -0.123. The zero-order valence-corrected chi connectivity index (χ0v) is 15.2. The minimum Gasteiger partial charge on any atom is -0.449 e. The summed E-state index contributed by atoms with van der Waals surface area (Å²) in [5, 5.41) is 3.44. The molecule has 6 heteroatoms. The first kappa shape index (κ1) is 18.4. The zero-order valence-electron chi connectivity index (χ0n) is 15.2. The molecule has 0 spiro atoms. The van der Waals surface area contributed by atoms with E-state index in [0.29, 0.717) is 22.4 Å². The summed E-state index contributed by atoms with van der Waals surface area (Å²) >= 11 is 0. The van der Waals surface area contributed by atoms with Crippen LogP contribution in [-0.2, 0) is 9.53 Å². The summed E-state index contributed by atoms with van der Waals surface area (Å²) in [5.41, 5.74) is 2.00. The molecule has 27 heavy (non-hydrogen) atoms. The van der Waals surface area contributed by atoms with Crippen LogP contribution in [0.2, 0.25) is 0 Å². The molecular formula is C21H19NO5. The molecule has 0 aliphatic heterocycles. The topological polar surface area (TPSA) is 85.6 Å². The quantitative estimate of drug-likeness (QED) is 0.543. The number of rotatable bonds is 5. The van der Waals surface area contributed by atoms with Crippen LogP contribution in [0.1, 0.15) is 40.3 Å². The van der Waals surface area contributed by atoms with Crippen molar-refractivity contribution in [3.63, 3.8) is 0 Å². The van der Waals surface area contributed by atoms with E-state index in [2.05, 4.69) is 5.32 Å². The van der Waals surface area contributed by atoms with Crippen LogP contribution in [0.4, 0.5) is 5.69 Å². The summed E-state index contributed by atoms with van der Waals surface area (Å²) in [6.07, 6.45) is -1.06. The number of esters is 1. The van der Waals surface area contributed by atoms with Crippen molar-refractivity contribution < 1.29 is 23.5 Å². The number of carbonyl (C=O) groups is 3. The molecule has 0 unspecified atom stereocenters. The molecule has 2 aromatic carbocycles. The van der Waals surface area contributed by atoms with Crippen LogP contribution >= 0.6 is 0 Å². The van der Waals surface area contributed by atoms with Crippen molar-refractivity contribution in [2.75, 3.05) is 5.32 Å². The van der Waals surface area contributed by atoms with Crippen LogP contribution < -0.4 is 5.32 Å². The molecule has 0 saturated carbocycles. The Kier molecular flexibility index (Phi) is 5.07. The second kappa shape index (κ2) is 7.45. The van der Waals surface area contributed by atoms with Crippen molar-refractivity contribution in [2.24, 2.45) is 0 Å². The van der Waals surface area contributed by atoms with E-state index in [-0.39, 0.29) is 11.5 Å². The number of benzene rings is 2. The van der Waals surface area contributed by atoms with Gasteiger partial charge in [-0.05, 0) is 39.0 Å². The molecule has 0 aliphatic rings. The van der Waals surface area contributed by atoms with Gasteiger partial charge in [0.15, 0.2) is 11.9 Å². The van der Waals surface area contributed by atoms with Crippen molar-refractivity contribution in [3.8, 4) is 0 Å². The largest absolute Gasteiger partial charge is 0.449 e. The Bertz CT molecular complexity index is 1030.